The number of nitrogens with zero attached hydrogens (tertiary/aromatic N) is 1. The number of carbonyl (C=O) groups excluding carboxylic acids is 2. The van der Waals surface area contributed by atoms with Gasteiger partial charge >= 0.3 is 0 Å². The van der Waals surface area contributed by atoms with Gasteiger partial charge in [-0.2, -0.15) is 0 Å². The number of aryl methyl sites for hydroxylation is 1. The highest BCUT2D eigenvalue weighted by atomic mass is 79.9. The van der Waals surface area contributed by atoms with Crippen LogP contribution in [0.2, 0.25) is 0 Å². The minimum atomic E-state index is -0.525. The summed E-state index contributed by atoms with van der Waals surface area (Å²) < 4.78 is 13.0. The number of furan rings is 1. The Morgan fingerprint density at radius 2 is 1.82 bits per heavy atom. The summed E-state index contributed by atoms with van der Waals surface area (Å²) >= 11 is 3.44. The van der Waals surface area contributed by atoms with Crippen molar-refractivity contribution in [2.45, 2.75) is 31.5 Å². The normalized spacial score (nSPS) is 19.0. The fraction of sp³-hybridized carbons (Fsp3) is 0.259. The second kappa shape index (κ2) is 7.96. The van der Waals surface area contributed by atoms with Crippen LogP contribution in [0, 0.1) is 6.92 Å². The number of nitrogens with one attached hydrogen (secondary N) is 1. The lowest BCUT2D eigenvalue weighted by atomic mass is 9.89. The molecule has 7 heteroatoms. The molecule has 4 aromatic rings. The molecule has 2 fully saturated rings. The number of para-hydroxylation sites is 1. The number of halogens is 1. The van der Waals surface area contributed by atoms with Crippen molar-refractivity contribution in [3.63, 3.8) is 0 Å². The van der Waals surface area contributed by atoms with Gasteiger partial charge < -0.3 is 19.4 Å². The molecule has 6 nitrogen and oxygen atoms in total. The molecule has 2 amide bonds. The van der Waals surface area contributed by atoms with Crippen LogP contribution >= 0.6 is 15.9 Å². The Morgan fingerprint density at radius 1 is 1.03 bits per heavy atom. The second-order valence-corrected chi connectivity index (χ2v) is 10.2. The molecule has 0 saturated carbocycles. The molecule has 1 N–H and O–H groups in total. The van der Waals surface area contributed by atoms with E-state index in [9.17, 15) is 9.59 Å². The number of benzene rings is 3. The first-order valence-corrected chi connectivity index (χ1v) is 12.2. The van der Waals surface area contributed by atoms with E-state index < -0.39 is 11.7 Å². The van der Waals surface area contributed by atoms with E-state index in [0.717, 1.165) is 38.4 Å². The zero-order valence-corrected chi connectivity index (χ0v) is 20.2. The maximum Gasteiger partial charge on any atom is 0.254 e. The third-order valence-electron chi connectivity index (χ3n) is 6.86. The van der Waals surface area contributed by atoms with Gasteiger partial charge in [-0.3, -0.25) is 9.59 Å². The maximum absolute atomic E-state index is 12.9. The van der Waals surface area contributed by atoms with E-state index in [4.69, 9.17) is 9.15 Å². The van der Waals surface area contributed by atoms with Gasteiger partial charge in [-0.05, 0) is 67.8 Å². The Bertz CT molecular complexity index is 1450. The van der Waals surface area contributed by atoms with Gasteiger partial charge in [0.05, 0.1) is 13.1 Å². The minimum Gasteiger partial charge on any atom is -0.456 e. The smallest absolute Gasteiger partial charge is 0.254 e. The SMILES string of the molecule is Cc1cc(Br)ccc1C(=O)N1CC2(CCC(C(=O)Nc3ccc4oc5ccccc5c4c3)O2)C1. The van der Waals surface area contributed by atoms with Gasteiger partial charge in [0.15, 0.2) is 0 Å². The third-order valence-corrected chi connectivity index (χ3v) is 7.35. The number of carbonyl (C=O) groups is 2. The summed E-state index contributed by atoms with van der Waals surface area (Å²) in [5, 5.41) is 4.98. The zero-order chi connectivity index (χ0) is 23.4. The number of rotatable bonds is 3. The average molecular weight is 519 g/mol. The molecule has 1 atom stereocenters. The highest BCUT2D eigenvalue weighted by molar-refractivity contribution is 9.10. The van der Waals surface area contributed by atoms with E-state index in [1.165, 1.54) is 0 Å². The van der Waals surface area contributed by atoms with Gasteiger partial charge in [-0.1, -0.05) is 34.1 Å². The molecule has 1 unspecified atom stereocenters. The van der Waals surface area contributed by atoms with Crippen molar-refractivity contribution in [2.75, 3.05) is 18.4 Å². The van der Waals surface area contributed by atoms with Crippen LogP contribution in [0.3, 0.4) is 0 Å². The van der Waals surface area contributed by atoms with E-state index in [1.54, 1.807) is 4.90 Å². The van der Waals surface area contributed by atoms with E-state index >= 15 is 0 Å². The first-order valence-electron chi connectivity index (χ1n) is 11.4. The van der Waals surface area contributed by atoms with Crippen LogP contribution < -0.4 is 5.32 Å². The minimum absolute atomic E-state index is 0.00719. The van der Waals surface area contributed by atoms with E-state index in [-0.39, 0.29) is 11.8 Å². The molecule has 0 aliphatic carbocycles. The van der Waals surface area contributed by atoms with Crippen LogP contribution in [0.25, 0.3) is 21.9 Å². The van der Waals surface area contributed by atoms with Crippen LogP contribution in [0.5, 0.6) is 0 Å². The van der Waals surface area contributed by atoms with Gasteiger partial charge in [-0.25, -0.2) is 0 Å². The molecular weight excluding hydrogens is 496 g/mol. The summed E-state index contributed by atoms with van der Waals surface area (Å²) in [5.74, 6) is -0.148. The first-order chi connectivity index (χ1) is 16.4. The van der Waals surface area contributed by atoms with Crippen LogP contribution in [0.1, 0.15) is 28.8 Å². The zero-order valence-electron chi connectivity index (χ0n) is 18.6. The molecule has 1 aromatic heterocycles. The predicted molar refractivity (Wildman–Crippen MR) is 134 cm³/mol. The van der Waals surface area contributed by atoms with Crippen molar-refractivity contribution in [1.82, 2.24) is 4.90 Å². The number of fused-ring (bicyclic) bond motifs is 3. The van der Waals surface area contributed by atoms with Crippen molar-refractivity contribution >= 4 is 55.4 Å². The van der Waals surface area contributed by atoms with Crippen LogP contribution in [-0.4, -0.2) is 41.5 Å². The Hall–Kier alpha value is -3.16. The number of anilines is 1. The number of hydrogen-bond donors (Lipinski definition) is 1. The van der Waals surface area contributed by atoms with Crippen LogP contribution in [0.4, 0.5) is 5.69 Å². The monoisotopic (exact) mass is 518 g/mol. The van der Waals surface area contributed by atoms with Gasteiger partial charge in [0.1, 0.15) is 22.9 Å². The van der Waals surface area contributed by atoms with Crippen LogP contribution in [0.15, 0.2) is 69.6 Å². The second-order valence-electron chi connectivity index (χ2n) is 9.25. The highest BCUT2D eigenvalue weighted by Crippen LogP contribution is 2.39. The van der Waals surface area contributed by atoms with Crippen molar-refractivity contribution in [3.8, 4) is 0 Å². The largest absolute Gasteiger partial charge is 0.456 e. The summed E-state index contributed by atoms with van der Waals surface area (Å²) in [4.78, 5) is 27.7. The van der Waals surface area contributed by atoms with Crippen molar-refractivity contribution in [2.24, 2.45) is 0 Å². The molecule has 172 valence electrons. The number of ether oxygens (including phenoxy) is 1. The van der Waals surface area contributed by atoms with Crippen molar-refractivity contribution < 1.29 is 18.7 Å². The molecule has 6 rings (SSSR count). The van der Waals surface area contributed by atoms with Gasteiger partial charge in [0.25, 0.3) is 11.8 Å². The molecule has 0 bridgehead atoms. The van der Waals surface area contributed by atoms with Crippen molar-refractivity contribution in [3.05, 3.63) is 76.3 Å². The summed E-state index contributed by atoms with van der Waals surface area (Å²) in [7, 11) is 0. The Morgan fingerprint density at radius 3 is 2.65 bits per heavy atom. The molecular formula is C27H23BrN2O4. The number of likely N-dealkylation sites (tertiary alicyclic amines) is 1. The summed E-state index contributed by atoms with van der Waals surface area (Å²) in [6.07, 6.45) is 0.880. The summed E-state index contributed by atoms with van der Waals surface area (Å²) in [5.41, 5.74) is 3.54. The topological polar surface area (TPSA) is 71.8 Å². The van der Waals surface area contributed by atoms with E-state index in [2.05, 4.69) is 21.2 Å². The predicted octanol–water partition coefficient (Wildman–Crippen LogP) is 5.67. The molecule has 1 spiro atoms. The van der Waals surface area contributed by atoms with Gasteiger partial charge in [0.2, 0.25) is 0 Å². The fourth-order valence-corrected chi connectivity index (χ4v) is 5.56. The fourth-order valence-electron chi connectivity index (χ4n) is 5.09. The molecule has 0 radical (unpaired) electrons. The first kappa shape index (κ1) is 21.4. The maximum atomic E-state index is 12.9. The Kier molecular flexibility index (Phi) is 5.00. The summed E-state index contributed by atoms with van der Waals surface area (Å²) in [6, 6.07) is 19.2. The lowest BCUT2D eigenvalue weighted by Crippen LogP contribution is -2.63. The lowest BCUT2D eigenvalue weighted by molar-refractivity contribution is -0.146. The number of amides is 2. The van der Waals surface area contributed by atoms with Crippen LogP contribution in [-0.2, 0) is 9.53 Å². The third kappa shape index (κ3) is 3.60. The molecule has 2 saturated heterocycles. The molecule has 2 aliphatic rings. The van der Waals surface area contributed by atoms with Crippen molar-refractivity contribution in [1.29, 1.82) is 0 Å². The highest BCUT2D eigenvalue weighted by Gasteiger charge is 2.52. The average Bonchev–Trinajstić information content (AvgIpc) is 3.40. The van der Waals surface area contributed by atoms with Gasteiger partial charge in [0, 0.05) is 26.5 Å². The van der Waals surface area contributed by atoms with E-state index in [0.29, 0.717) is 30.8 Å². The van der Waals surface area contributed by atoms with E-state index in [1.807, 2.05) is 67.6 Å². The lowest BCUT2D eigenvalue weighted by Gasteiger charge is -2.47. The standard InChI is InChI=1S/C27H23BrN2O4/c1-16-12-17(28)6-8-19(16)26(32)30-14-27(15-30)11-10-24(34-27)25(31)29-18-7-9-23-21(13-18)20-4-2-3-5-22(20)33-23/h2-9,12-13,24H,10-11,14-15H2,1H3,(H,29,31). The molecule has 2 aliphatic heterocycles. The van der Waals surface area contributed by atoms with Gasteiger partial charge in [-0.15, -0.1) is 0 Å². The Labute approximate surface area is 205 Å². The quantitative estimate of drug-likeness (QED) is 0.379. The Balaban J connectivity index is 1.11. The molecule has 3 aromatic carbocycles. The number of hydrogen-bond acceptors (Lipinski definition) is 4. The molecule has 3 heterocycles. The summed E-state index contributed by atoms with van der Waals surface area (Å²) in [6.45, 7) is 2.96. The molecule has 34 heavy (non-hydrogen) atoms.